The van der Waals surface area contributed by atoms with Crippen molar-refractivity contribution in [3.05, 3.63) is 45.6 Å². The topological polar surface area (TPSA) is 65.8 Å². The highest BCUT2D eigenvalue weighted by Gasteiger charge is 2.17. The van der Waals surface area contributed by atoms with Crippen LogP contribution in [0.15, 0.2) is 17.2 Å². The molecule has 0 radical (unpaired) electrons. The van der Waals surface area contributed by atoms with Gasteiger partial charge in [0.25, 0.3) is 5.91 Å². The number of rotatable bonds is 1. The Labute approximate surface area is 75.6 Å². The first kappa shape index (κ1) is 10.1. The molecule has 4 nitrogen and oxygen atoms in total. The maximum absolute atomic E-state index is 12.8. The van der Waals surface area contributed by atoms with Crippen LogP contribution in [0.3, 0.4) is 0 Å². The second-order valence-corrected chi connectivity index (χ2v) is 2.24. The van der Waals surface area contributed by atoms with E-state index in [4.69, 9.17) is 5.53 Å². The minimum Gasteiger partial charge on any atom is -0.287 e. The Kier molecular flexibility index (Phi) is 2.73. The maximum atomic E-state index is 12.8. The first-order valence-electron chi connectivity index (χ1n) is 3.30. The van der Waals surface area contributed by atoms with Crippen LogP contribution in [-0.2, 0) is 0 Å². The van der Waals surface area contributed by atoms with Gasteiger partial charge in [0, 0.05) is 17.0 Å². The fourth-order valence-electron chi connectivity index (χ4n) is 0.837. The van der Waals surface area contributed by atoms with E-state index in [0.717, 1.165) is 0 Å². The molecule has 72 valence electrons. The summed E-state index contributed by atoms with van der Waals surface area (Å²) in [5.41, 5.74) is 6.79. The number of hydrogen-bond donors (Lipinski definition) is 0. The average molecular weight is 201 g/mol. The summed E-state index contributed by atoms with van der Waals surface area (Å²) in [6.07, 6.45) is 0. The smallest absolute Gasteiger partial charge is 0.255 e. The van der Waals surface area contributed by atoms with Crippen molar-refractivity contribution in [1.29, 1.82) is 0 Å². The van der Waals surface area contributed by atoms with Crippen LogP contribution in [0.2, 0.25) is 0 Å². The van der Waals surface area contributed by atoms with Crippen molar-refractivity contribution in [2.75, 3.05) is 0 Å². The van der Waals surface area contributed by atoms with Gasteiger partial charge in [-0.15, -0.1) is 0 Å². The van der Waals surface area contributed by atoms with Crippen LogP contribution in [0.1, 0.15) is 10.4 Å². The Balaban J connectivity index is 3.34. The molecule has 0 aliphatic rings. The molecular formula is C7H2F3N3O. The highest BCUT2D eigenvalue weighted by atomic mass is 19.1. The predicted octanol–water partition coefficient (Wildman–Crippen LogP) is 2.55. The van der Waals surface area contributed by atoms with Crippen molar-refractivity contribution >= 4 is 5.91 Å². The summed E-state index contributed by atoms with van der Waals surface area (Å²) in [7, 11) is 0. The molecule has 1 rings (SSSR count). The summed E-state index contributed by atoms with van der Waals surface area (Å²) in [4.78, 5) is 12.8. The first-order chi connectivity index (χ1) is 6.56. The zero-order valence-electron chi connectivity index (χ0n) is 6.54. The minimum atomic E-state index is -1.43. The molecule has 0 saturated heterocycles. The number of azide groups is 1. The highest BCUT2D eigenvalue weighted by Crippen LogP contribution is 2.15. The molecule has 0 spiro atoms. The Bertz CT molecular complexity index is 417. The van der Waals surface area contributed by atoms with Gasteiger partial charge in [0.2, 0.25) is 0 Å². The van der Waals surface area contributed by atoms with Gasteiger partial charge < -0.3 is 0 Å². The molecule has 1 aromatic carbocycles. The van der Waals surface area contributed by atoms with Gasteiger partial charge in [-0.1, -0.05) is 0 Å². The van der Waals surface area contributed by atoms with Gasteiger partial charge in [0.1, 0.15) is 17.5 Å². The van der Waals surface area contributed by atoms with E-state index in [2.05, 4.69) is 10.0 Å². The van der Waals surface area contributed by atoms with Gasteiger partial charge in [0.05, 0.1) is 5.56 Å². The molecular weight excluding hydrogens is 199 g/mol. The van der Waals surface area contributed by atoms with E-state index in [0.29, 0.717) is 12.1 Å². The molecule has 14 heavy (non-hydrogen) atoms. The lowest BCUT2D eigenvalue weighted by Crippen LogP contribution is -2.03. The number of amides is 1. The molecule has 0 saturated carbocycles. The minimum absolute atomic E-state index is 0.323. The van der Waals surface area contributed by atoms with Gasteiger partial charge in [0.15, 0.2) is 0 Å². The largest absolute Gasteiger partial charge is 0.287 e. The molecule has 0 N–H and O–H groups in total. The standard InChI is InChI=1S/C7H2F3N3O/c8-3-1-4(9)6(5(10)2-3)7(14)12-13-11/h1-2H. The zero-order chi connectivity index (χ0) is 10.7. The lowest BCUT2D eigenvalue weighted by molar-refractivity contribution is 0.0992. The monoisotopic (exact) mass is 201 g/mol. The Morgan fingerprint density at radius 3 is 2.21 bits per heavy atom. The number of carbonyl (C=O) groups is 1. The van der Waals surface area contributed by atoms with Gasteiger partial charge in [-0.3, -0.25) is 4.79 Å². The number of nitrogens with zero attached hydrogens (tertiary/aromatic N) is 3. The third kappa shape index (κ3) is 1.83. The summed E-state index contributed by atoms with van der Waals surface area (Å²) >= 11 is 0. The van der Waals surface area contributed by atoms with Crippen LogP contribution in [0.4, 0.5) is 13.2 Å². The fourth-order valence-corrected chi connectivity index (χ4v) is 0.837. The van der Waals surface area contributed by atoms with Crippen LogP contribution in [-0.4, -0.2) is 5.91 Å². The second kappa shape index (κ2) is 3.80. The predicted molar refractivity (Wildman–Crippen MR) is 39.8 cm³/mol. The zero-order valence-corrected chi connectivity index (χ0v) is 6.54. The highest BCUT2D eigenvalue weighted by molar-refractivity contribution is 5.95. The summed E-state index contributed by atoms with van der Waals surface area (Å²) in [6.45, 7) is 0. The quantitative estimate of drug-likeness (QED) is 0.391. The molecule has 0 aliphatic carbocycles. The summed E-state index contributed by atoms with van der Waals surface area (Å²) in [5.74, 6) is -5.39. The van der Waals surface area contributed by atoms with E-state index in [1.54, 1.807) is 0 Å². The van der Waals surface area contributed by atoms with E-state index >= 15 is 0 Å². The van der Waals surface area contributed by atoms with E-state index in [9.17, 15) is 18.0 Å². The van der Waals surface area contributed by atoms with Crippen molar-refractivity contribution in [2.45, 2.75) is 0 Å². The molecule has 0 unspecified atom stereocenters. The Morgan fingerprint density at radius 2 is 1.79 bits per heavy atom. The molecule has 0 aliphatic heterocycles. The van der Waals surface area contributed by atoms with Crippen molar-refractivity contribution in [1.82, 2.24) is 0 Å². The van der Waals surface area contributed by atoms with Crippen LogP contribution >= 0.6 is 0 Å². The summed E-state index contributed by atoms with van der Waals surface area (Å²) in [5, 5.41) is 2.49. The van der Waals surface area contributed by atoms with Gasteiger partial charge >= 0.3 is 0 Å². The molecule has 0 atom stereocenters. The lowest BCUT2D eigenvalue weighted by Gasteiger charge is -1.99. The third-order valence-electron chi connectivity index (χ3n) is 1.36. The maximum Gasteiger partial charge on any atom is 0.255 e. The SMILES string of the molecule is [N-]=[N+]=NC(=O)c1c(F)cc(F)cc1F. The third-order valence-corrected chi connectivity index (χ3v) is 1.36. The second-order valence-electron chi connectivity index (χ2n) is 2.24. The molecule has 1 amide bonds. The molecule has 0 aromatic heterocycles. The van der Waals surface area contributed by atoms with Crippen molar-refractivity contribution in [3.8, 4) is 0 Å². The summed E-state index contributed by atoms with van der Waals surface area (Å²) < 4.78 is 38.0. The van der Waals surface area contributed by atoms with Crippen LogP contribution in [0.5, 0.6) is 0 Å². The molecule has 7 heteroatoms. The molecule has 0 fully saturated rings. The van der Waals surface area contributed by atoms with Gasteiger partial charge in [-0.2, -0.15) is 0 Å². The van der Waals surface area contributed by atoms with E-state index < -0.39 is 28.9 Å². The van der Waals surface area contributed by atoms with Crippen molar-refractivity contribution in [2.24, 2.45) is 5.11 Å². The molecule has 0 heterocycles. The number of halogens is 3. The normalized spacial score (nSPS) is 9.36. The molecule has 0 bridgehead atoms. The number of hydrogen-bond acceptors (Lipinski definition) is 1. The Hall–Kier alpha value is -2.01. The number of benzene rings is 1. The van der Waals surface area contributed by atoms with Crippen LogP contribution in [0, 0.1) is 17.5 Å². The average Bonchev–Trinajstić information content (AvgIpc) is 2.01. The fraction of sp³-hybridized carbons (Fsp3) is 0. The van der Waals surface area contributed by atoms with Crippen molar-refractivity contribution < 1.29 is 18.0 Å². The van der Waals surface area contributed by atoms with Crippen LogP contribution in [0.25, 0.3) is 10.4 Å². The Morgan fingerprint density at radius 1 is 1.29 bits per heavy atom. The number of carbonyl (C=O) groups excluding carboxylic acids is 1. The van der Waals surface area contributed by atoms with Crippen LogP contribution < -0.4 is 0 Å². The van der Waals surface area contributed by atoms with Gasteiger partial charge in [-0.25, -0.2) is 13.2 Å². The molecule has 1 aromatic rings. The van der Waals surface area contributed by atoms with E-state index in [-0.39, 0.29) is 0 Å². The van der Waals surface area contributed by atoms with Crippen molar-refractivity contribution in [3.63, 3.8) is 0 Å². The van der Waals surface area contributed by atoms with E-state index in [1.165, 1.54) is 0 Å². The lowest BCUT2D eigenvalue weighted by atomic mass is 10.2. The van der Waals surface area contributed by atoms with Gasteiger partial charge in [-0.05, 0) is 10.6 Å². The summed E-state index contributed by atoms with van der Waals surface area (Å²) in [6, 6.07) is 0.645. The first-order valence-corrected chi connectivity index (χ1v) is 3.30. The van der Waals surface area contributed by atoms with E-state index in [1.807, 2.05) is 0 Å².